The van der Waals surface area contributed by atoms with Crippen LogP contribution in [0.25, 0.3) is 0 Å². The lowest BCUT2D eigenvalue weighted by atomic mass is 9.96. The summed E-state index contributed by atoms with van der Waals surface area (Å²) < 4.78 is 11.3. The Morgan fingerprint density at radius 2 is 1.77 bits per heavy atom. The van der Waals surface area contributed by atoms with Gasteiger partial charge in [0.05, 0.1) is 0 Å². The monoisotopic (exact) mass is 405 g/mol. The molecule has 3 aromatic rings. The van der Waals surface area contributed by atoms with Crippen molar-refractivity contribution >= 4 is 6.09 Å². The maximum atomic E-state index is 12.9. The van der Waals surface area contributed by atoms with Crippen molar-refractivity contribution in [1.82, 2.24) is 15.0 Å². The van der Waals surface area contributed by atoms with Gasteiger partial charge in [0, 0.05) is 18.9 Å². The number of carbonyl (C=O) groups excluding carboxylic acids is 1. The largest absolute Gasteiger partial charge is 0.444 e. The van der Waals surface area contributed by atoms with Crippen molar-refractivity contribution < 1.29 is 14.1 Å². The summed E-state index contributed by atoms with van der Waals surface area (Å²) in [5.41, 5.74) is 1.74. The third-order valence-electron chi connectivity index (χ3n) is 5.17. The molecule has 1 amide bonds. The molecule has 1 aliphatic rings. The van der Waals surface area contributed by atoms with E-state index in [9.17, 15) is 4.79 Å². The maximum Gasteiger partial charge on any atom is 0.410 e. The first-order valence-electron chi connectivity index (χ1n) is 10.3. The second-order valence-corrected chi connectivity index (χ2v) is 8.70. The van der Waals surface area contributed by atoms with Crippen LogP contribution in [-0.4, -0.2) is 33.3 Å². The first kappa shape index (κ1) is 20.1. The van der Waals surface area contributed by atoms with Crippen LogP contribution in [-0.2, 0) is 11.2 Å². The van der Waals surface area contributed by atoms with Gasteiger partial charge in [0.25, 0.3) is 0 Å². The van der Waals surface area contributed by atoms with Gasteiger partial charge < -0.3 is 9.26 Å². The number of carbonyl (C=O) groups is 1. The van der Waals surface area contributed by atoms with Gasteiger partial charge in [0.15, 0.2) is 5.82 Å². The number of ether oxygens (including phenoxy) is 1. The highest BCUT2D eigenvalue weighted by Gasteiger charge is 2.41. The lowest BCUT2D eigenvalue weighted by Crippen LogP contribution is -2.36. The molecule has 1 aliphatic heterocycles. The number of benzene rings is 2. The molecule has 2 atom stereocenters. The molecule has 1 aromatic heterocycles. The van der Waals surface area contributed by atoms with Gasteiger partial charge in [-0.3, -0.25) is 4.90 Å². The van der Waals surface area contributed by atoms with Crippen LogP contribution >= 0.6 is 0 Å². The van der Waals surface area contributed by atoms with Gasteiger partial charge in [-0.25, -0.2) is 4.79 Å². The highest BCUT2D eigenvalue weighted by molar-refractivity contribution is 5.69. The summed E-state index contributed by atoms with van der Waals surface area (Å²) in [5, 5.41) is 4.16. The first-order valence-corrected chi connectivity index (χ1v) is 10.3. The van der Waals surface area contributed by atoms with Crippen molar-refractivity contribution in [3.63, 3.8) is 0 Å². The molecule has 0 bridgehead atoms. The zero-order chi connectivity index (χ0) is 21.1. The predicted octanol–water partition coefficient (Wildman–Crippen LogP) is 5.13. The Labute approximate surface area is 176 Å². The van der Waals surface area contributed by atoms with E-state index in [0.29, 0.717) is 24.7 Å². The molecule has 6 heteroatoms. The Morgan fingerprint density at radius 1 is 1.10 bits per heavy atom. The van der Waals surface area contributed by atoms with E-state index >= 15 is 0 Å². The van der Waals surface area contributed by atoms with E-state index in [0.717, 1.165) is 12.0 Å². The lowest BCUT2D eigenvalue weighted by molar-refractivity contribution is 0.0198. The van der Waals surface area contributed by atoms with E-state index in [2.05, 4.69) is 22.3 Å². The molecule has 0 aliphatic carbocycles. The maximum absolute atomic E-state index is 12.9. The highest BCUT2D eigenvalue weighted by Crippen LogP contribution is 2.40. The summed E-state index contributed by atoms with van der Waals surface area (Å²) in [4.78, 5) is 19.3. The van der Waals surface area contributed by atoms with Gasteiger partial charge in [-0.2, -0.15) is 4.98 Å². The summed E-state index contributed by atoms with van der Waals surface area (Å²) in [5.74, 6) is 1.27. The summed E-state index contributed by atoms with van der Waals surface area (Å²) >= 11 is 0. The van der Waals surface area contributed by atoms with E-state index in [1.807, 2.05) is 69.3 Å². The van der Waals surface area contributed by atoms with E-state index < -0.39 is 5.60 Å². The van der Waals surface area contributed by atoms with Crippen molar-refractivity contribution in [2.24, 2.45) is 0 Å². The van der Waals surface area contributed by atoms with Crippen LogP contribution in [0.3, 0.4) is 0 Å². The second-order valence-electron chi connectivity index (χ2n) is 8.70. The minimum Gasteiger partial charge on any atom is -0.444 e. The number of aromatic nitrogens is 2. The van der Waals surface area contributed by atoms with Crippen molar-refractivity contribution in [1.29, 1.82) is 0 Å². The third-order valence-corrected chi connectivity index (χ3v) is 5.17. The Hall–Kier alpha value is -3.15. The van der Waals surface area contributed by atoms with E-state index in [1.165, 1.54) is 5.56 Å². The average molecular weight is 405 g/mol. The highest BCUT2D eigenvalue weighted by atomic mass is 16.6. The molecule has 0 spiro atoms. The summed E-state index contributed by atoms with van der Waals surface area (Å²) in [6, 6.07) is 19.9. The van der Waals surface area contributed by atoms with Crippen molar-refractivity contribution in [3.8, 4) is 0 Å². The quantitative estimate of drug-likeness (QED) is 0.602. The molecule has 2 heterocycles. The van der Waals surface area contributed by atoms with Gasteiger partial charge in [0.2, 0.25) is 5.89 Å². The zero-order valence-electron chi connectivity index (χ0n) is 17.6. The number of likely N-dealkylation sites (tertiary alicyclic amines) is 1. The number of hydrogen-bond donors (Lipinski definition) is 0. The molecule has 1 fully saturated rings. The van der Waals surface area contributed by atoms with Gasteiger partial charge in [-0.1, -0.05) is 65.8 Å². The molecule has 0 saturated carbocycles. The van der Waals surface area contributed by atoms with E-state index in [-0.39, 0.29) is 18.1 Å². The summed E-state index contributed by atoms with van der Waals surface area (Å²) in [6.07, 6.45) is 0.954. The number of rotatable bonds is 4. The molecule has 0 radical (unpaired) electrons. The van der Waals surface area contributed by atoms with Crippen LogP contribution in [0.2, 0.25) is 0 Å². The fourth-order valence-electron chi connectivity index (χ4n) is 3.81. The van der Waals surface area contributed by atoms with E-state index in [1.54, 1.807) is 4.90 Å². The predicted molar refractivity (Wildman–Crippen MR) is 113 cm³/mol. The average Bonchev–Trinajstić information content (AvgIpc) is 3.35. The Bertz CT molecular complexity index is 980. The molecule has 0 unspecified atom stereocenters. The van der Waals surface area contributed by atoms with E-state index in [4.69, 9.17) is 9.26 Å². The SMILES string of the molecule is CC(C)(C)OC(=O)N1C[C@H](c2ccccc2)C[C@H]1c1nc(Cc2ccccc2)no1. The molecule has 2 aromatic carbocycles. The number of hydrogen-bond acceptors (Lipinski definition) is 5. The standard InChI is InChI=1S/C24H27N3O3/c1-24(2,3)29-23(28)27-16-19(18-12-8-5-9-13-18)15-20(27)22-25-21(26-30-22)14-17-10-6-4-7-11-17/h4-13,19-20H,14-16H2,1-3H3/t19-,20+/m1/s1. The molecular weight excluding hydrogens is 378 g/mol. The smallest absolute Gasteiger partial charge is 0.410 e. The van der Waals surface area contributed by atoms with Crippen LogP contribution in [0.5, 0.6) is 0 Å². The Morgan fingerprint density at radius 3 is 2.43 bits per heavy atom. The zero-order valence-corrected chi connectivity index (χ0v) is 17.6. The van der Waals surface area contributed by atoms with Crippen LogP contribution in [0.1, 0.15) is 62.0 Å². The number of nitrogens with zero attached hydrogens (tertiary/aromatic N) is 3. The normalized spacial score (nSPS) is 19.1. The summed E-state index contributed by atoms with van der Waals surface area (Å²) in [6.45, 7) is 6.17. The molecule has 156 valence electrons. The molecular formula is C24H27N3O3. The molecule has 4 rings (SSSR count). The molecule has 0 N–H and O–H groups in total. The lowest BCUT2D eigenvalue weighted by Gasteiger charge is -2.27. The minimum absolute atomic E-state index is 0.188. The third kappa shape index (κ3) is 4.70. The van der Waals surface area contributed by atoms with Crippen LogP contribution in [0.4, 0.5) is 4.79 Å². The fraction of sp³-hybridized carbons (Fsp3) is 0.375. The molecule has 6 nitrogen and oxygen atoms in total. The van der Waals surface area contributed by atoms with Gasteiger partial charge in [-0.05, 0) is 38.3 Å². The van der Waals surface area contributed by atoms with Gasteiger partial charge >= 0.3 is 6.09 Å². The summed E-state index contributed by atoms with van der Waals surface area (Å²) in [7, 11) is 0. The minimum atomic E-state index is -0.570. The molecule has 30 heavy (non-hydrogen) atoms. The first-order chi connectivity index (χ1) is 14.4. The van der Waals surface area contributed by atoms with Gasteiger partial charge in [0.1, 0.15) is 11.6 Å². The van der Waals surface area contributed by atoms with Crippen molar-refractivity contribution in [3.05, 3.63) is 83.5 Å². The van der Waals surface area contributed by atoms with Crippen LogP contribution in [0.15, 0.2) is 65.2 Å². The van der Waals surface area contributed by atoms with Crippen LogP contribution in [0, 0.1) is 0 Å². The van der Waals surface area contributed by atoms with Crippen LogP contribution < -0.4 is 0 Å². The van der Waals surface area contributed by atoms with Gasteiger partial charge in [-0.15, -0.1) is 0 Å². The number of amides is 1. The Balaban J connectivity index is 1.57. The Kier molecular flexibility index (Phi) is 5.57. The van der Waals surface area contributed by atoms with Crippen molar-refractivity contribution in [2.75, 3.05) is 6.54 Å². The topological polar surface area (TPSA) is 68.5 Å². The fourth-order valence-corrected chi connectivity index (χ4v) is 3.81. The molecule has 1 saturated heterocycles. The second kappa shape index (κ2) is 8.30. The van der Waals surface area contributed by atoms with Crippen molar-refractivity contribution in [2.45, 2.75) is 51.2 Å².